The molecule has 2 aromatic rings. The SMILES string of the molecule is O=C(O)c1oc2cccc(Cl)c2c1Br. The van der Waals surface area contributed by atoms with Crippen molar-refractivity contribution in [3.8, 4) is 0 Å². The van der Waals surface area contributed by atoms with E-state index in [2.05, 4.69) is 15.9 Å². The lowest BCUT2D eigenvalue weighted by molar-refractivity contribution is 0.0663. The molecule has 3 nitrogen and oxygen atoms in total. The Kier molecular flexibility index (Phi) is 2.25. The number of benzene rings is 1. The van der Waals surface area contributed by atoms with Gasteiger partial charge in [0.2, 0.25) is 5.76 Å². The molecule has 0 bridgehead atoms. The lowest BCUT2D eigenvalue weighted by atomic mass is 10.2. The molecule has 2 rings (SSSR count). The van der Waals surface area contributed by atoms with Crippen LogP contribution in [0.15, 0.2) is 27.1 Å². The third-order valence-corrected chi connectivity index (χ3v) is 2.87. The van der Waals surface area contributed by atoms with Gasteiger partial charge in [-0.25, -0.2) is 4.79 Å². The molecular formula is C9H4BrClO3. The van der Waals surface area contributed by atoms with Crippen LogP contribution in [-0.2, 0) is 0 Å². The van der Waals surface area contributed by atoms with Crippen molar-refractivity contribution in [3.63, 3.8) is 0 Å². The molecule has 72 valence electrons. The Morgan fingerprint density at radius 3 is 2.79 bits per heavy atom. The maximum absolute atomic E-state index is 10.7. The van der Waals surface area contributed by atoms with Gasteiger partial charge in [-0.05, 0) is 28.1 Å². The molecule has 0 spiro atoms. The topological polar surface area (TPSA) is 50.4 Å². The first-order valence-electron chi connectivity index (χ1n) is 3.71. The highest BCUT2D eigenvalue weighted by Crippen LogP contribution is 2.35. The maximum Gasteiger partial charge on any atom is 0.373 e. The molecule has 0 aliphatic carbocycles. The largest absolute Gasteiger partial charge is 0.475 e. The van der Waals surface area contributed by atoms with Crippen molar-refractivity contribution >= 4 is 44.5 Å². The summed E-state index contributed by atoms with van der Waals surface area (Å²) in [7, 11) is 0. The fourth-order valence-electron chi connectivity index (χ4n) is 1.21. The highest BCUT2D eigenvalue weighted by atomic mass is 79.9. The molecule has 0 fully saturated rings. The first-order chi connectivity index (χ1) is 6.61. The summed E-state index contributed by atoms with van der Waals surface area (Å²) in [6, 6.07) is 5.04. The number of halogens is 2. The van der Waals surface area contributed by atoms with Crippen molar-refractivity contribution in [2.24, 2.45) is 0 Å². The lowest BCUT2D eigenvalue weighted by Crippen LogP contribution is -1.93. The van der Waals surface area contributed by atoms with Crippen molar-refractivity contribution in [2.45, 2.75) is 0 Å². The van der Waals surface area contributed by atoms with E-state index in [4.69, 9.17) is 21.1 Å². The van der Waals surface area contributed by atoms with Gasteiger partial charge in [-0.1, -0.05) is 17.7 Å². The molecule has 0 saturated carbocycles. The minimum absolute atomic E-state index is 0.131. The fraction of sp³-hybridized carbons (Fsp3) is 0. The van der Waals surface area contributed by atoms with E-state index >= 15 is 0 Å². The molecule has 0 saturated heterocycles. The summed E-state index contributed by atoms with van der Waals surface area (Å²) in [6.45, 7) is 0. The van der Waals surface area contributed by atoms with E-state index in [-0.39, 0.29) is 5.76 Å². The highest BCUT2D eigenvalue weighted by molar-refractivity contribution is 9.10. The normalized spacial score (nSPS) is 10.7. The maximum atomic E-state index is 10.7. The number of carboxylic acid groups (broad SMARTS) is 1. The number of aromatic carboxylic acids is 1. The number of hydrogen-bond donors (Lipinski definition) is 1. The van der Waals surface area contributed by atoms with Crippen LogP contribution in [0, 0.1) is 0 Å². The zero-order valence-electron chi connectivity index (χ0n) is 6.75. The lowest BCUT2D eigenvalue weighted by Gasteiger charge is -1.90. The molecule has 1 heterocycles. The molecule has 0 aliphatic rings. The van der Waals surface area contributed by atoms with Crippen LogP contribution in [0.1, 0.15) is 10.6 Å². The van der Waals surface area contributed by atoms with E-state index in [1.807, 2.05) is 0 Å². The summed E-state index contributed by atoms with van der Waals surface area (Å²) in [6.07, 6.45) is 0. The molecule has 0 radical (unpaired) electrons. The molecule has 5 heteroatoms. The average molecular weight is 275 g/mol. The van der Waals surface area contributed by atoms with Crippen molar-refractivity contribution in [1.82, 2.24) is 0 Å². The first kappa shape index (κ1) is 9.55. The van der Waals surface area contributed by atoms with Gasteiger partial charge in [-0.2, -0.15) is 0 Å². The smallest absolute Gasteiger partial charge is 0.373 e. The van der Waals surface area contributed by atoms with Crippen LogP contribution < -0.4 is 0 Å². The Labute approximate surface area is 92.4 Å². The van der Waals surface area contributed by atoms with Crippen LogP contribution in [0.25, 0.3) is 11.0 Å². The summed E-state index contributed by atoms with van der Waals surface area (Å²) in [5.41, 5.74) is 0.460. The summed E-state index contributed by atoms with van der Waals surface area (Å²) in [5.74, 6) is -1.25. The van der Waals surface area contributed by atoms with Crippen LogP contribution in [-0.4, -0.2) is 11.1 Å². The Morgan fingerprint density at radius 2 is 2.21 bits per heavy atom. The van der Waals surface area contributed by atoms with Crippen LogP contribution in [0.4, 0.5) is 0 Å². The van der Waals surface area contributed by atoms with Crippen molar-refractivity contribution in [3.05, 3.63) is 33.5 Å². The van der Waals surface area contributed by atoms with Crippen LogP contribution in [0.5, 0.6) is 0 Å². The second-order valence-corrected chi connectivity index (χ2v) is 3.86. The predicted octanol–water partition coefficient (Wildman–Crippen LogP) is 3.55. The summed E-state index contributed by atoms with van der Waals surface area (Å²) in [5, 5.41) is 9.84. The highest BCUT2D eigenvalue weighted by Gasteiger charge is 2.19. The molecule has 1 aromatic heterocycles. The van der Waals surface area contributed by atoms with Gasteiger partial charge in [0.15, 0.2) is 0 Å². The van der Waals surface area contributed by atoms with Crippen LogP contribution in [0.3, 0.4) is 0 Å². The van der Waals surface area contributed by atoms with Crippen LogP contribution >= 0.6 is 27.5 Å². The minimum atomic E-state index is -1.12. The Bertz CT molecular complexity index is 518. The number of rotatable bonds is 1. The Hall–Kier alpha value is -1.000. The third-order valence-electron chi connectivity index (χ3n) is 1.80. The number of fused-ring (bicyclic) bond motifs is 1. The van der Waals surface area contributed by atoms with Gasteiger partial charge in [-0.15, -0.1) is 0 Å². The molecule has 0 amide bonds. The molecule has 1 aromatic carbocycles. The Morgan fingerprint density at radius 1 is 1.50 bits per heavy atom. The van der Waals surface area contributed by atoms with Gasteiger partial charge in [0, 0.05) is 0 Å². The number of carbonyl (C=O) groups is 1. The van der Waals surface area contributed by atoms with Gasteiger partial charge in [0.05, 0.1) is 14.9 Å². The Balaban J connectivity index is 2.87. The average Bonchev–Trinajstić information content (AvgIpc) is 2.45. The van der Waals surface area contributed by atoms with Gasteiger partial charge < -0.3 is 9.52 Å². The van der Waals surface area contributed by atoms with Gasteiger partial charge in [0.1, 0.15) is 5.58 Å². The molecule has 0 aliphatic heterocycles. The number of furan rings is 1. The van der Waals surface area contributed by atoms with Gasteiger partial charge in [0.25, 0.3) is 0 Å². The van der Waals surface area contributed by atoms with Crippen molar-refractivity contribution in [1.29, 1.82) is 0 Å². The zero-order chi connectivity index (χ0) is 10.3. The molecule has 0 unspecified atom stereocenters. The fourth-order valence-corrected chi connectivity index (χ4v) is 2.24. The molecule has 1 N–H and O–H groups in total. The minimum Gasteiger partial charge on any atom is -0.475 e. The van der Waals surface area contributed by atoms with E-state index in [0.29, 0.717) is 20.5 Å². The zero-order valence-corrected chi connectivity index (χ0v) is 9.09. The van der Waals surface area contributed by atoms with Gasteiger partial charge in [-0.3, -0.25) is 0 Å². The van der Waals surface area contributed by atoms with Crippen molar-refractivity contribution in [2.75, 3.05) is 0 Å². The second-order valence-electron chi connectivity index (χ2n) is 2.66. The van der Waals surface area contributed by atoms with Crippen LogP contribution in [0.2, 0.25) is 5.02 Å². The van der Waals surface area contributed by atoms with E-state index in [1.165, 1.54) is 0 Å². The summed E-state index contributed by atoms with van der Waals surface area (Å²) < 4.78 is 5.49. The first-order valence-corrected chi connectivity index (χ1v) is 4.88. The van der Waals surface area contributed by atoms with Gasteiger partial charge >= 0.3 is 5.97 Å². The van der Waals surface area contributed by atoms with E-state index < -0.39 is 5.97 Å². The van der Waals surface area contributed by atoms with E-state index in [9.17, 15) is 4.79 Å². The van der Waals surface area contributed by atoms with Crippen molar-refractivity contribution < 1.29 is 14.3 Å². The standard InChI is InChI=1S/C9H4BrClO3/c10-7-6-4(11)2-1-3-5(6)14-8(7)9(12)13/h1-3H,(H,12,13). The predicted molar refractivity (Wildman–Crippen MR) is 55.9 cm³/mol. The monoisotopic (exact) mass is 274 g/mol. The third kappa shape index (κ3) is 1.31. The number of carboxylic acids is 1. The molecule has 14 heavy (non-hydrogen) atoms. The van der Waals surface area contributed by atoms with E-state index in [1.54, 1.807) is 18.2 Å². The summed E-state index contributed by atoms with van der Waals surface area (Å²) in [4.78, 5) is 10.7. The quantitative estimate of drug-likeness (QED) is 0.866. The summed E-state index contributed by atoms with van der Waals surface area (Å²) >= 11 is 9.04. The molecular weight excluding hydrogens is 271 g/mol. The second kappa shape index (κ2) is 3.29. The van der Waals surface area contributed by atoms with E-state index in [0.717, 1.165) is 0 Å². The number of hydrogen-bond acceptors (Lipinski definition) is 2. The molecule has 0 atom stereocenters.